The lowest BCUT2D eigenvalue weighted by Crippen LogP contribution is -2.32. The molecule has 0 heterocycles. The van der Waals surface area contributed by atoms with Crippen LogP contribution in [0.15, 0.2) is 12.7 Å². The summed E-state index contributed by atoms with van der Waals surface area (Å²) in [5.41, 5.74) is 0. The Kier molecular flexibility index (Phi) is 1.87. The lowest BCUT2D eigenvalue weighted by molar-refractivity contribution is 0.571. The molecule has 0 N–H and O–H groups in total. The van der Waals surface area contributed by atoms with Gasteiger partial charge in [0.25, 0.3) is 0 Å². The van der Waals surface area contributed by atoms with E-state index in [2.05, 4.69) is 6.58 Å². The van der Waals surface area contributed by atoms with Crippen molar-refractivity contribution < 1.29 is 8.42 Å². The van der Waals surface area contributed by atoms with E-state index >= 15 is 0 Å². The fraction of sp³-hybridized carbons (Fsp3) is 0.750. The van der Waals surface area contributed by atoms with Gasteiger partial charge in [0.05, 0.1) is 10.00 Å². The predicted molar refractivity (Wildman–Crippen MR) is 46.2 cm³/mol. The van der Waals surface area contributed by atoms with Gasteiger partial charge in [0.15, 0.2) is 9.84 Å². The summed E-state index contributed by atoms with van der Waals surface area (Å²) in [5, 5.41) is -0.0875. The standard InChI is InChI=1S/C8H14O2S/c1-4-8(2,3)11(9,10)7-5-6-7/h4,7H,1,5-6H2,2-3H3. The summed E-state index contributed by atoms with van der Waals surface area (Å²) in [7, 11) is -2.93. The molecule has 1 aliphatic carbocycles. The minimum Gasteiger partial charge on any atom is -0.228 e. The van der Waals surface area contributed by atoms with Crippen LogP contribution in [0.4, 0.5) is 0 Å². The highest BCUT2D eigenvalue weighted by molar-refractivity contribution is 7.93. The van der Waals surface area contributed by atoms with Crippen LogP contribution in [0, 0.1) is 0 Å². The van der Waals surface area contributed by atoms with E-state index in [1.54, 1.807) is 13.8 Å². The molecule has 1 saturated carbocycles. The zero-order valence-corrected chi connectivity index (χ0v) is 7.82. The minimum atomic E-state index is -2.93. The molecule has 0 aromatic heterocycles. The summed E-state index contributed by atoms with van der Waals surface area (Å²) in [6.45, 7) is 6.93. The van der Waals surface area contributed by atoms with Crippen molar-refractivity contribution in [3.05, 3.63) is 12.7 Å². The molecule has 1 fully saturated rings. The molecular weight excluding hydrogens is 160 g/mol. The van der Waals surface area contributed by atoms with E-state index in [1.807, 2.05) is 0 Å². The largest absolute Gasteiger partial charge is 0.228 e. The SMILES string of the molecule is C=CC(C)(C)S(=O)(=O)C1CC1. The molecule has 0 bridgehead atoms. The van der Waals surface area contributed by atoms with Crippen LogP contribution >= 0.6 is 0 Å². The second kappa shape index (κ2) is 2.34. The number of hydrogen-bond donors (Lipinski definition) is 0. The Bertz CT molecular complexity index is 258. The summed E-state index contributed by atoms with van der Waals surface area (Å²) in [6.07, 6.45) is 3.18. The molecule has 0 saturated heterocycles. The fourth-order valence-electron chi connectivity index (χ4n) is 0.924. The highest BCUT2D eigenvalue weighted by Crippen LogP contribution is 2.36. The molecule has 0 aromatic carbocycles. The van der Waals surface area contributed by atoms with Crippen molar-refractivity contribution in [1.82, 2.24) is 0 Å². The molecular formula is C8H14O2S. The first-order chi connectivity index (χ1) is 4.92. The van der Waals surface area contributed by atoms with Crippen LogP contribution < -0.4 is 0 Å². The second-order valence-corrected chi connectivity index (χ2v) is 6.36. The van der Waals surface area contributed by atoms with E-state index in [9.17, 15) is 8.42 Å². The van der Waals surface area contributed by atoms with Crippen molar-refractivity contribution >= 4 is 9.84 Å². The first kappa shape index (κ1) is 8.78. The maximum atomic E-state index is 11.6. The van der Waals surface area contributed by atoms with E-state index in [0.717, 1.165) is 12.8 Å². The molecule has 0 spiro atoms. The lowest BCUT2D eigenvalue weighted by Gasteiger charge is -2.19. The van der Waals surface area contributed by atoms with E-state index in [0.29, 0.717) is 0 Å². The van der Waals surface area contributed by atoms with Gasteiger partial charge in [-0.2, -0.15) is 0 Å². The van der Waals surface area contributed by atoms with Gasteiger partial charge in [-0.25, -0.2) is 8.42 Å². The van der Waals surface area contributed by atoms with Gasteiger partial charge in [-0.15, -0.1) is 6.58 Å². The number of sulfone groups is 1. The van der Waals surface area contributed by atoms with Crippen molar-refractivity contribution in [3.63, 3.8) is 0 Å². The first-order valence-electron chi connectivity index (χ1n) is 3.79. The average Bonchev–Trinajstić information content (AvgIpc) is 2.68. The van der Waals surface area contributed by atoms with Gasteiger partial charge < -0.3 is 0 Å². The van der Waals surface area contributed by atoms with Gasteiger partial charge in [0.2, 0.25) is 0 Å². The zero-order chi connectivity index (χ0) is 8.70. The first-order valence-corrected chi connectivity index (χ1v) is 5.33. The Labute approximate surface area is 68.2 Å². The van der Waals surface area contributed by atoms with E-state index in [4.69, 9.17) is 0 Å². The highest BCUT2D eigenvalue weighted by atomic mass is 32.2. The van der Waals surface area contributed by atoms with Crippen LogP contribution in [0.25, 0.3) is 0 Å². The Hall–Kier alpha value is -0.310. The molecule has 0 amide bonds. The Morgan fingerprint density at radius 1 is 1.45 bits per heavy atom. The highest BCUT2D eigenvalue weighted by Gasteiger charge is 2.44. The quantitative estimate of drug-likeness (QED) is 0.608. The van der Waals surface area contributed by atoms with Crippen LogP contribution in [-0.4, -0.2) is 18.4 Å². The molecule has 1 aliphatic rings. The van der Waals surface area contributed by atoms with Crippen molar-refractivity contribution in [1.29, 1.82) is 0 Å². The molecule has 0 unspecified atom stereocenters. The van der Waals surface area contributed by atoms with E-state index < -0.39 is 14.6 Å². The average molecular weight is 174 g/mol. The normalized spacial score (nSPS) is 19.8. The number of rotatable bonds is 3. The molecule has 0 aromatic rings. The van der Waals surface area contributed by atoms with Crippen LogP contribution in [0.1, 0.15) is 26.7 Å². The Balaban J connectivity index is 2.96. The summed E-state index contributed by atoms with van der Waals surface area (Å²) < 4.78 is 22.4. The van der Waals surface area contributed by atoms with Gasteiger partial charge in [-0.05, 0) is 26.7 Å². The molecule has 2 nitrogen and oxygen atoms in total. The summed E-state index contributed by atoms with van der Waals surface area (Å²) >= 11 is 0. The Morgan fingerprint density at radius 3 is 2.18 bits per heavy atom. The fourth-order valence-corrected chi connectivity index (χ4v) is 2.77. The molecule has 0 aliphatic heterocycles. The third-order valence-electron chi connectivity index (χ3n) is 2.19. The molecule has 0 radical (unpaired) electrons. The third kappa shape index (κ3) is 1.34. The lowest BCUT2D eigenvalue weighted by atomic mass is 10.2. The molecule has 1 rings (SSSR count). The summed E-state index contributed by atoms with van der Waals surface area (Å²) in [5.74, 6) is 0. The number of hydrogen-bond acceptors (Lipinski definition) is 2. The van der Waals surface area contributed by atoms with Crippen molar-refractivity contribution in [2.24, 2.45) is 0 Å². The van der Waals surface area contributed by atoms with Crippen LogP contribution in [0.2, 0.25) is 0 Å². The molecule has 11 heavy (non-hydrogen) atoms. The van der Waals surface area contributed by atoms with E-state index in [1.165, 1.54) is 6.08 Å². The predicted octanol–water partition coefficient (Wildman–Crippen LogP) is 1.53. The van der Waals surface area contributed by atoms with Gasteiger partial charge in [-0.3, -0.25) is 0 Å². The van der Waals surface area contributed by atoms with Crippen LogP contribution in [0.3, 0.4) is 0 Å². The van der Waals surface area contributed by atoms with Gasteiger partial charge in [0, 0.05) is 0 Å². The Morgan fingerprint density at radius 2 is 1.91 bits per heavy atom. The molecule has 3 heteroatoms. The second-order valence-electron chi connectivity index (χ2n) is 3.55. The third-order valence-corrected chi connectivity index (χ3v) is 5.17. The maximum Gasteiger partial charge on any atom is 0.161 e. The minimum absolute atomic E-state index is 0.0875. The maximum absolute atomic E-state index is 11.6. The van der Waals surface area contributed by atoms with Crippen LogP contribution in [0.5, 0.6) is 0 Å². The molecule has 0 atom stereocenters. The van der Waals surface area contributed by atoms with Crippen LogP contribution in [-0.2, 0) is 9.84 Å². The van der Waals surface area contributed by atoms with Gasteiger partial charge in [0.1, 0.15) is 0 Å². The smallest absolute Gasteiger partial charge is 0.161 e. The monoisotopic (exact) mass is 174 g/mol. The zero-order valence-electron chi connectivity index (χ0n) is 7.00. The van der Waals surface area contributed by atoms with Gasteiger partial charge >= 0.3 is 0 Å². The molecule has 64 valence electrons. The van der Waals surface area contributed by atoms with Crippen molar-refractivity contribution in [3.8, 4) is 0 Å². The summed E-state index contributed by atoms with van der Waals surface area (Å²) in [4.78, 5) is 0. The van der Waals surface area contributed by atoms with Crippen molar-refractivity contribution in [2.75, 3.05) is 0 Å². The topological polar surface area (TPSA) is 34.1 Å². The van der Waals surface area contributed by atoms with E-state index in [-0.39, 0.29) is 5.25 Å². The van der Waals surface area contributed by atoms with Crippen molar-refractivity contribution in [2.45, 2.75) is 36.7 Å². The van der Waals surface area contributed by atoms with Gasteiger partial charge in [-0.1, -0.05) is 6.08 Å². The summed E-state index contributed by atoms with van der Waals surface area (Å²) in [6, 6.07) is 0.